The molecule has 116 valence electrons. The Hall–Kier alpha value is -1.84. The standard InChI is InChI=1S/C18H20N2O.ClH/c1-2-13-3-5-15(6-4-13)18(21)20-17-8-7-14-9-10-19-12-16(14)11-17;/h3-8,11,19H,2,9-10,12H2,1H3,(H,20,21);1H. The Balaban J connectivity index is 0.00000176. The van der Waals surface area contributed by atoms with Crippen LogP contribution in [-0.4, -0.2) is 12.5 Å². The minimum absolute atomic E-state index is 0. The van der Waals surface area contributed by atoms with E-state index in [9.17, 15) is 4.79 Å². The van der Waals surface area contributed by atoms with Gasteiger partial charge in [-0.2, -0.15) is 0 Å². The van der Waals surface area contributed by atoms with Crippen LogP contribution in [0.2, 0.25) is 0 Å². The van der Waals surface area contributed by atoms with Crippen LogP contribution in [0.4, 0.5) is 5.69 Å². The number of halogens is 1. The van der Waals surface area contributed by atoms with Gasteiger partial charge in [-0.05, 0) is 60.3 Å². The molecule has 2 aromatic rings. The van der Waals surface area contributed by atoms with Crippen molar-refractivity contribution in [2.75, 3.05) is 11.9 Å². The molecular weight excluding hydrogens is 296 g/mol. The van der Waals surface area contributed by atoms with E-state index >= 15 is 0 Å². The minimum Gasteiger partial charge on any atom is -0.322 e. The van der Waals surface area contributed by atoms with Gasteiger partial charge in [-0.1, -0.05) is 25.1 Å². The van der Waals surface area contributed by atoms with Crippen molar-refractivity contribution in [3.8, 4) is 0 Å². The normalized spacial score (nSPS) is 13.0. The summed E-state index contributed by atoms with van der Waals surface area (Å²) >= 11 is 0. The number of aryl methyl sites for hydroxylation is 1. The molecule has 2 aromatic carbocycles. The quantitative estimate of drug-likeness (QED) is 0.909. The predicted molar refractivity (Wildman–Crippen MR) is 92.9 cm³/mol. The van der Waals surface area contributed by atoms with Gasteiger partial charge >= 0.3 is 0 Å². The second-order valence-electron chi connectivity index (χ2n) is 5.41. The third-order valence-electron chi connectivity index (χ3n) is 3.98. The van der Waals surface area contributed by atoms with Crippen LogP contribution in [0.1, 0.15) is 34.0 Å². The molecule has 0 bridgehead atoms. The Labute approximate surface area is 137 Å². The molecular formula is C18H21ClN2O. The number of rotatable bonds is 3. The number of benzene rings is 2. The molecule has 0 saturated heterocycles. The van der Waals surface area contributed by atoms with Crippen molar-refractivity contribution in [2.24, 2.45) is 0 Å². The second kappa shape index (κ2) is 7.43. The van der Waals surface area contributed by atoms with E-state index in [-0.39, 0.29) is 18.3 Å². The third kappa shape index (κ3) is 3.67. The molecule has 3 nitrogen and oxygen atoms in total. The number of carbonyl (C=O) groups excluding carboxylic acids is 1. The van der Waals surface area contributed by atoms with Crippen LogP contribution < -0.4 is 10.6 Å². The van der Waals surface area contributed by atoms with E-state index in [1.165, 1.54) is 16.7 Å². The summed E-state index contributed by atoms with van der Waals surface area (Å²) in [6, 6.07) is 14.0. The fourth-order valence-electron chi connectivity index (χ4n) is 2.65. The maximum Gasteiger partial charge on any atom is 0.255 e. The highest BCUT2D eigenvalue weighted by Crippen LogP contribution is 2.19. The summed E-state index contributed by atoms with van der Waals surface area (Å²) in [5.74, 6) is -0.0543. The van der Waals surface area contributed by atoms with Gasteiger partial charge in [0.15, 0.2) is 0 Å². The summed E-state index contributed by atoms with van der Waals surface area (Å²) in [4.78, 5) is 12.3. The first-order chi connectivity index (χ1) is 10.3. The van der Waals surface area contributed by atoms with Crippen LogP contribution in [0, 0.1) is 0 Å². The number of fused-ring (bicyclic) bond motifs is 1. The van der Waals surface area contributed by atoms with Gasteiger partial charge < -0.3 is 10.6 Å². The van der Waals surface area contributed by atoms with E-state index in [1.807, 2.05) is 30.3 Å². The van der Waals surface area contributed by atoms with Crippen molar-refractivity contribution in [2.45, 2.75) is 26.3 Å². The second-order valence-corrected chi connectivity index (χ2v) is 5.41. The van der Waals surface area contributed by atoms with Crippen LogP contribution in [0.25, 0.3) is 0 Å². The van der Waals surface area contributed by atoms with E-state index in [1.54, 1.807) is 0 Å². The summed E-state index contributed by atoms with van der Waals surface area (Å²) < 4.78 is 0. The van der Waals surface area contributed by atoms with Crippen molar-refractivity contribution in [1.82, 2.24) is 5.32 Å². The van der Waals surface area contributed by atoms with Gasteiger partial charge in [-0.25, -0.2) is 0 Å². The first-order valence-corrected chi connectivity index (χ1v) is 7.49. The van der Waals surface area contributed by atoms with Gasteiger partial charge in [0.05, 0.1) is 0 Å². The molecule has 2 N–H and O–H groups in total. The lowest BCUT2D eigenvalue weighted by Crippen LogP contribution is -2.23. The number of anilines is 1. The van der Waals surface area contributed by atoms with E-state index in [4.69, 9.17) is 0 Å². The molecule has 0 aliphatic carbocycles. The molecule has 3 rings (SSSR count). The average molecular weight is 317 g/mol. The Bertz CT molecular complexity index is 653. The minimum atomic E-state index is -0.0543. The summed E-state index contributed by atoms with van der Waals surface area (Å²) in [5.41, 5.74) is 5.45. The Morgan fingerprint density at radius 3 is 2.64 bits per heavy atom. The molecule has 0 atom stereocenters. The predicted octanol–water partition coefficient (Wildman–Crippen LogP) is 3.57. The lowest BCUT2D eigenvalue weighted by Gasteiger charge is -2.18. The largest absolute Gasteiger partial charge is 0.322 e. The van der Waals surface area contributed by atoms with Crippen molar-refractivity contribution in [3.63, 3.8) is 0 Å². The van der Waals surface area contributed by atoms with Gasteiger partial charge in [-0.3, -0.25) is 4.79 Å². The van der Waals surface area contributed by atoms with E-state index in [0.29, 0.717) is 5.56 Å². The Morgan fingerprint density at radius 2 is 1.91 bits per heavy atom. The van der Waals surface area contributed by atoms with Crippen LogP contribution >= 0.6 is 12.4 Å². The molecule has 0 saturated carbocycles. The molecule has 4 heteroatoms. The van der Waals surface area contributed by atoms with Crippen LogP contribution in [0.5, 0.6) is 0 Å². The monoisotopic (exact) mass is 316 g/mol. The van der Waals surface area contributed by atoms with Crippen molar-refractivity contribution < 1.29 is 4.79 Å². The van der Waals surface area contributed by atoms with Gasteiger partial charge in [0.1, 0.15) is 0 Å². The fourth-order valence-corrected chi connectivity index (χ4v) is 2.65. The molecule has 0 fully saturated rings. The number of hydrogen-bond donors (Lipinski definition) is 2. The number of carbonyl (C=O) groups is 1. The molecule has 0 unspecified atom stereocenters. The summed E-state index contributed by atoms with van der Waals surface area (Å²) in [7, 11) is 0. The van der Waals surface area contributed by atoms with Crippen molar-refractivity contribution in [3.05, 3.63) is 64.7 Å². The lowest BCUT2D eigenvalue weighted by atomic mass is 10.0. The van der Waals surface area contributed by atoms with E-state index in [2.05, 4.69) is 29.7 Å². The first-order valence-electron chi connectivity index (χ1n) is 7.49. The van der Waals surface area contributed by atoms with Gasteiger partial charge in [0.25, 0.3) is 5.91 Å². The summed E-state index contributed by atoms with van der Waals surface area (Å²) in [6.07, 6.45) is 2.04. The molecule has 0 spiro atoms. The van der Waals surface area contributed by atoms with Crippen LogP contribution in [-0.2, 0) is 19.4 Å². The highest BCUT2D eigenvalue weighted by Gasteiger charge is 2.11. The van der Waals surface area contributed by atoms with Crippen molar-refractivity contribution >= 4 is 24.0 Å². The lowest BCUT2D eigenvalue weighted by molar-refractivity contribution is 0.102. The van der Waals surface area contributed by atoms with Gasteiger partial charge in [0, 0.05) is 17.8 Å². The van der Waals surface area contributed by atoms with Crippen LogP contribution in [0.3, 0.4) is 0 Å². The number of hydrogen-bond acceptors (Lipinski definition) is 2. The van der Waals surface area contributed by atoms with Crippen LogP contribution in [0.15, 0.2) is 42.5 Å². The fraction of sp³-hybridized carbons (Fsp3) is 0.278. The first kappa shape index (κ1) is 16.5. The molecule has 1 amide bonds. The van der Waals surface area contributed by atoms with Gasteiger partial charge in [-0.15, -0.1) is 12.4 Å². The zero-order valence-electron chi connectivity index (χ0n) is 12.7. The summed E-state index contributed by atoms with van der Waals surface area (Å²) in [5, 5.41) is 6.33. The van der Waals surface area contributed by atoms with E-state index < -0.39 is 0 Å². The van der Waals surface area contributed by atoms with Crippen molar-refractivity contribution in [1.29, 1.82) is 0 Å². The Morgan fingerprint density at radius 1 is 1.14 bits per heavy atom. The molecule has 22 heavy (non-hydrogen) atoms. The highest BCUT2D eigenvalue weighted by molar-refractivity contribution is 6.04. The maximum absolute atomic E-state index is 12.3. The zero-order valence-corrected chi connectivity index (χ0v) is 13.5. The topological polar surface area (TPSA) is 41.1 Å². The number of amides is 1. The van der Waals surface area contributed by atoms with E-state index in [0.717, 1.165) is 31.6 Å². The SMILES string of the molecule is CCc1ccc(C(=O)Nc2ccc3c(c2)CNCC3)cc1.Cl. The van der Waals surface area contributed by atoms with Gasteiger partial charge in [0.2, 0.25) is 0 Å². The Kier molecular flexibility index (Phi) is 5.58. The molecule has 0 radical (unpaired) electrons. The highest BCUT2D eigenvalue weighted by atomic mass is 35.5. The number of nitrogens with one attached hydrogen (secondary N) is 2. The molecule has 1 aliphatic rings. The zero-order chi connectivity index (χ0) is 14.7. The third-order valence-corrected chi connectivity index (χ3v) is 3.98. The smallest absolute Gasteiger partial charge is 0.255 e. The molecule has 0 aromatic heterocycles. The summed E-state index contributed by atoms with van der Waals surface area (Å²) in [6.45, 7) is 4.02. The molecule has 1 heterocycles. The molecule has 1 aliphatic heterocycles. The maximum atomic E-state index is 12.3. The average Bonchev–Trinajstić information content (AvgIpc) is 2.55.